The number of amides is 3. The van der Waals surface area contributed by atoms with Crippen LogP contribution in [0.3, 0.4) is 0 Å². The first-order chi connectivity index (χ1) is 18.0. The number of nitrogens with zero attached hydrogens (tertiary/aromatic N) is 4. The zero-order valence-electron chi connectivity index (χ0n) is 21.2. The second-order valence-electron chi connectivity index (χ2n) is 8.50. The molecule has 194 valence electrons. The summed E-state index contributed by atoms with van der Waals surface area (Å²) in [4.78, 5) is 39.7. The van der Waals surface area contributed by atoms with Crippen LogP contribution >= 0.6 is 0 Å². The van der Waals surface area contributed by atoms with E-state index in [-0.39, 0.29) is 18.4 Å². The zero-order chi connectivity index (χ0) is 26.2. The number of imide groups is 1. The summed E-state index contributed by atoms with van der Waals surface area (Å²) < 4.78 is 10.4. The molecule has 0 aliphatic carbocycles. The van der Waals surface area contributed by atoms with Crippen molar-refractivity contribution in [3.8, 4) is 11.5 Å². The van der Waals surface area contributed by atoms with Crippen LogP contribution in [0.4, 0.5) is 16.7 Å². The van der Waals surface area contributed by atoms with Gasteiger partial charge < -0.3 is 25.4 Å². The summed E-state index contributed by atoms with van der Waals surface area (Å²) in [7, 11) is 3.25. The molecule has 1 unspecified atom stereocenters. The predicted molar refractivity (Wildman–Crippen MR) is 138 cm³/mol. The summed E-state index contributed by atoms with van der Waals surface area (Å²) in [5, 5.41) is 9.18. The van der Waals surface area contributed by atoms with Gasteiger partial charge in [-0.1, -0.05) is 31.2 Å². The summed E-state index contributed by atoms with van der Waals surface area (Å²) in [5.74, 6) is 2.39. The van der Waals surface area contributed by atoms with Gasteiger partial charge in [-0.25, -0.2) is 4.79 Å². The van der Waals surface area contributed by atoms with Gasteiger partial charge in [-0.3, -0.25) is 9.69 Å². The van der Waals surface area contributed by atoms with Crippen molar-refractivity contribution in [2.75, 3.05) is 31.4 Å². The molecule has 4 rings (SSSR count). The fourth-order valence-corrected chi connectivity index (χ4v) is 3.85. The average molecular weight is 506 g/mol. The molecule has 3 amide bonds. The molecule has 1 saturated heterocycles. The molecule has 0 bridgehead atoms. The van der Waals surface area contributed by atoms with E-state index in [1.807, 2.05) is 55.5 Å². The maximum absolute atomic E-state index is 12.7. The first-order valence-electron chi connectivity index (χ1n) is 12.1. The van der Waals surface area contributed by atoms with Gasteiger partial charge in [0.1, 0.15) is 23.4 Å². The summed E-state index contributed by atoms with van der Waals surface area (Å²) in [6.45, 7) is 3.26. The molecule has 0 radical (unpaired) electrons. The van der Waals surface area contributed by atoms with Crippen LogP contribution in [0.5, 0.6) is 11.5 Å². The Bertz CT molecular complexity index is 1150. The Balaban J connectivity index is 1.50. The number of benzene rings is 2. The Kier molecular flexibility index (Phi) is 8.34. The molecule has 1 aliphatic rings. The van der Waals surface area contributed by atoms with Crippen molar-refractivity contribution < 1.29 is 19.1 Å². The minimum Gasteiger partial charge on any atom is -0.497 e. The quantitative estimate of drug-likeness (QED) is 0.318. The van der Waals surface area contributed by atoms with Crippen molar-refractivity contribution in [2.24, 2.45) is 0 Å². The summed E-state index contributed by atoms with van der Waals surface area (Å²) >= 11 is 0. The lowest BCUT2D eigenvalue weighted by Crippen LogP contribution is -2.33. The Morgan fingerprint density at radius 3 is 1.81 bits per heavy atom. The number of ether oxygens (including phenoxy) is 2. The van der Waals surface area contributed by atoms with E-state index in [2.05, 4.69) is 30.9 Å². The minimum atomic E-state index is -0.717. The molecule has 1 aromatic heterocycles. The molecule has 2 heterocycles. The van der Waals surface area contributed by atoms with Crippen molar-refractivity contribution in [3.05, 3.63) is 65.5 Å². The maximum atomic E-state index is 12.7. The molecule has 0 spiro atoms. The van der Waals surface area contributed by atoms with Crippen molar-refractivity contribution >= 4 is 23.8 Å². The molecule has 1 aliphatic heterocycles. The van der Waals surface area contributed by atoms with E-state index in [1.54, 1.807) is 14.2 Å². The second kappa shape index (κ2) is 12.0. The lowest BCUT2D eigenvalue weighted by molar-refractivity contribution is -0.127. The van der Waals surface area contributed by atoms with Gasteiger partial charge in [0.25, 0.3) is 5.91 Å². The van der Waals surface area contributed by atoms with Gasteiger partial charge in [-0.15, -0.1) is 0 Å². The van der Waals surface area contributed by atoms with Gasteiger partial charge in [0.2, 0.25) is 11.9 Å². The van der Waals surface area contributed by atoms with E-state index in [4.69, 9.17) is 9.47 Å². The molecule has 3 aromatic rings. The van der Waals surface area contributed by atoms with Gasteiger partial charge in [0.05, 0.1) is 14.2 Å². The number of nitrogens with one attached hydrogen (secondary N) is 3. The fourth-order valence-electron chi connectivity index (χ4n) is 3.85. The standard InChI is InChI=1S/C26H31N7O4/c1-4-13-33-23(34)21(29-26(33)35)14-22-30-24(27-15-17-5-9-19(36-2)10-6-17)32-25(31-22)28-16-18-7-11-20(37-3)12-8-18/h5-12,21H,4,13-16H2,1-3H3,(H,29,35)(H2,27,28,30,31,32). The number of carbonyl (C=O) groups excluding carboxylic acids is 2. The lowest BCUT2D eigenvalue weighted by Gasteiger charge is -2.13. The molecule has 2 aromatic carbocycles. The summed E-state index contributed by atoms with van der Waals surface area (Å²) in [6.07, 6.45) is 0.845. The van der Waals surface area contributed by atoms with Crippen LogP contribution in [0.15, 0.2) is 48.5 Å². The normalized spacial score (nSPS) is 14.9. The molecule has 3 N–H and O–H groups in total. The van der Waals surface area contributed by atoms with Crippen LogP contribution in [0.2, 0.25) is 0 Å². The number of urea groups is 1. The van der Waals surface area contributed by atoms with Gasteiger partial charge >= 0.3 is 6.03 Å². The highest BCUT2D eigenvalue weighted by Gasteiger charge is 2.37. The second-order valence-corrected chi connectivity index (χ2v) is 8.50. The molecule has 1 fully saturated rings. The Morgan fingerprint density at radius 1 is 0.838 bits per heavy atom. The van der Waals surface area contributed by atoms with Crippen LogP contribution in [-0.4, -0.2) is 58.6 Å². The van der Waals surface area contributed by atoms with Crippen molar-refractivity contribution in [1.29, 1.82) is 0 Å². The molecule has 0 saturated carbocycles. The van der Waals surface area contributed by atoms with E-state index in [1.165, 1.54) is 4.90 Å². The van der Waals surface area contributed by atoms with Gasteiger partial charge in [-0.2, -0.15) is 15.0 Å². The maximum Gasteiger partial charge on any atom is 0.324 e. The number of methoxy groups -OCH3 is 2. The third kappa shape index (κ3) is 6.63. The van der Waals surface area contributed by atoms with E-state index in [0.29, 0.717) is 43.8 Å². The van der Waals surface area contributed by atoms with E-state index in [9.17, 15) is 9.59 Å². The Labute approximate surface area is 215 Å². The third-order valence-corrected chi connectivity index (χ3v) is 5.84. The van der Waals surface area contributed by atoms with Crippen LogP contribution < -0.4 is 25.4 Å². The molecule has 1 atom stereocenters. The van der Waals surface area contributed by atoms with Crippen LogP contribution in [0.1, 0.15) is 30.3 Å². The fraction of sp³-hybridized carbons (Fsp3) is 0.346. The summed E-state index contributed by atoms with van der Waals surface area (Å²) in [6, 6.07) is 14.2. The van der Waals surface area contributed by atoms with Crippen LogP contribution in [-0.2, 0) is 24.3 Å². The minimum absolute atomic E-state index is 0.155. The van der Waals surface area contributed by atoms with Crippen molar-refractivity contribution in [1.82, 2.24) is 25.2 Å². The SMILES string of the molecule is CCCN1C(=O)NC(Cc2nc(NCc3ccc(OC)cc3)nc(NCc3ccc(OC)cc3)n2)C1=O. The van der Waals surface area contributed by atoms with Crippen LogP contribution in [0.25, 0.3) is 0 Å². The van der Waals surface area contributed by atoms with Crippen LogP contribution in [0, 0.1) is 0 Å². The third-order valence-electron chi connectivity index (χ3n) is 5.84. The van der Waals surface area contributed by atoms with Gasteiger partial charge in [0.15, 0.2) is 0 Å². The molecular weight excluding hydrogens is 474 g/mol. The van der Waals surface area contributed by atoms with Crippen molar-refractivity contribution in [3.63, 3.8) is 0 Å². The van der Waals surface area contributed by atoms with Gasteiger partial charge in [-0.05, 0) is 41.8 Å². The molecular formula is C26H31N7O4. The highest BCUT2D eigenvalue weighted by atomic mass is 16.5. The van der Waals surface area contributed by atoms with E-state index >= 15 is 0 Å². The smallest absolute Gasteiger partial charge is 0.324 e. The van der Waals surface area contributed by atoms with E-state index in [0.717, 1.165) is 22.6 Å². The molecule has 37 heavy (non-hydrogen) atoms. The zero-order valence-corrected chi connectivity index (χ0v) is 21.2. The van der Waals surface area contributed by atoms with E-state index < -0.39 is 6.04 Å². The molecule has 11 heteroatoms. The van der Waals surface area contributed by atoms with Crippen molar-refractivity contribution in [2.45, 2.75) is 38.9 Å². The number of hydrogen-bond donors (Lipinski definition) is 3. The topological polar surface area (TPSA) is 131 Å². The predicted octanol–water partition coefficient (Wildman–Crippen LogP) is 2.99. The monoisotopic (exact) mass is 505 g/mol. The number of hydrogen-bond acceptors (Lipinski definition) is 9. The highest BCUT2D eigenvalue weighted by Crippen LogP contribution is 2.17. The Morgan fingerprint density at radius 2 is 1.35 bits per heavy atom. The number of anilines is 2. The number of rotatable bonds is 12. The number of carbonyl (C=O) groups is 2. The number of aromatic nitrogens is 3. The molecule has 11 nitrogen and oxygen atoms in total. The first-order valence-corrected chi connectivity index (χ1v) is 12.1. The first kappa shape index (κ1) is 25.7. The average Bonchev–Trinajstić information content (AvgIpc) is 3.18. The summed E-state index contributed by atoms with van der Waals surface area (Å²) in [5.41, 5.74) is 2.04. The Hall–Kier alpha value is -4.41. The highest BCUT2D eigenvalue weighted by molar-refractivity contribution is 6.04. The largest absolute Gasteiger partial charge is 0.497 e. The lowest BCUT2D eigenvalue weighted by atomic mass is 10.2. The van der Waals surface area contributed by atoms with Gasteiger partial charge in [0, 0.05) is 26.1 Å².